The number of benzene rings is 1. The molecule has 0 saturated carbocycles. The summed E-state index contributed by atoms with van der Waals surface area (Å²) < 4.78 is 1.10. The molecule has 0 bridgehead atoms. The maximum absolute atomic E-state index is 5.98. The third kappa shape index (κ3) is 4.71. The van der Waals surface area contributed by atoms with E-state index in [1.165, 1.54) is 30.5 Å². The predicted molar refractivity (Wildman–Crippen MR) is 92.5 cm³/mol. The van der Waals surface area contributed by atoms with E-state index in [1.54, 1.807) is 0 Å². The lowest BCUT2D eigenvalue weighted by Gasteiger charge is -2.23. The van der Waals surface area contributed by atoms with Crippen LogP contribution in [-0.4, -0.2) is 36.5 Å². The van der Waals surface area contributed by atoms with Crippen LogP contribution in [0.25, 0.3) is 0 Å². The second kappa shape index (κ2) is 7.80. The summed E-state index contributed by atoms with van der Waals surface area (Å²) in [4.78, 5) is 6.95. The van der Waals surface area contributed by atoms with Gasteiger partial charge in [0.05, 0.1) is 6.54 Å². The Balaban J connectivity index is 1.84. The number of likely N-dealkylation sites (tertiary alicyclic amines) is 1. The van der Waals surface area contributed by atoms with E-state index < -0.39 is 0 Å². The first-order valence-corrected chi connectivity index (χ1v) is 8.42. The Morgan fingerprint density at radius 3 is 3.05 bits per heavy atom. The molecule has 1 aliphatic heterocycles. The number of rotatable bonds is 5. The smallest absolute Gasteiger partial charge is 0.188 e. The minimum absolute atomic E-state index is 0.542. The quantitative estimate of drug-likeness (QED) is 0.632. The Hall–Kier alpha value is -1.07. The summed E-state index contributed by atoms with van der Waals surface area (Å²) in [6.07, 6.45) is 2.54. The lowest BCUT2D eigenvalue weighted by Crippen LogP contribution is -2.42. The average molecular weight is 353 g/mol. The normalized spacial score (nSPS) is 20.0. The molecular formula is C16H25BrN4. The molecule has 5 heteroatoms. The highest BCUT2D eigenvalue weighted by Crippen LogP contribution is 2.17. The summed E-state index contributed by atoms with van der Waals surface area (Å²) in [6.45, 7) is 8.14. The summed E-state index contributed by atoms with van der Waals surface area (Å²) in [5.41, 5.74) is 8.42. The number of nitrogens with two attached hydrogens (primary N) is 1. The first-order chi connectivity index (χ1) is 10.1. The summed E-state index contributed by atoms with van der Waals surface area (Å²) in [5, 5.41) is 3.27. The lowest BCUT2D eigenvalue weighted by atomic mass is 10.1. The highest BCUT2D eigenvalue weighted by Gasteiger charge is 2.22. The molecule has 0 aromatic heterocycles. The van der Waals surface area contributed by atoms with Gasteiger partial charge in [0, 0.05) is 17.1 Å². The summed E-state index contributed by atoms with van der Waals surface area (Å²) in [6, 6.07) is 6.83. The van der Waals surface area contributed by atoms with Gasteiger partial charge in [-0.2, -0.15) is 0 Å². The fourth-order valence-corrected chi connectivity index (χ4v) is 3.30. The first kappa shape index (κ1) is 16.3. The Bertz CT molecular complexity index is 501. The summed E-state index contributed by atoms with van der Waals surface area (Å²) in [7, 11) is 0. The van der Waals surface area contributed by atoms with Crippen LogP contribution in [0.1, 0.15) is 30.9 Å². The number of aliphatic imine (C=N–C) groups is 1. The molecule has 21 heavy (non-hydrogen) atoms. The van der Waals surface area contributed by atoms with Crippen LogP contribution in [0.3, 0.4) is 0 Å². The molecule has 1 fully saturated rings. The third-order valence-electron chi connectivity index (χ3n) is 4.15. The number of nitrogens with one attached hydrogen (secondary N) is 1. The van der Waals surface area contributed by atoms with Crippen molar-refractivity contribution < 1.29 is 0 Å². The molecule has 2 rings (SSSR count). The number of likely N-dealkylation sites (N-methyl/N-ethyl adjacent to an activating group) is 1. The topological polar surface area (TPSA) is 53.6 Å². The molecule has 3 N–H and O–H groups in total. The zero-order valence-electron chi connectivity index (χ0n) is 12.9. The van der Waals surface area contributed by atoms with Gasteiger partial charge >= 0.3 is 0 Å². The summed E-state index contributed by atoms with van der Waals surface area (Å²) in [5.74, 6) is 0.542. The summed E-state index contributed by atoms with van der Waals surface area (Å²) >= 11 is 3.47. The average Bonchev–Trinajstić information content (AvgIpc) is 2.91. The number of aryl methyl sites for hydroxylation is 1. The van der Waals surface area contributed by atoms with Crippen LogP contribution in [0.2, 0.25) is 0 Å². The van der Waals surface area contributed by atoms with Crippen LogP contribution in [0.5, 0.6) is 0 Å². The molecule has 1 heterocycles. The van der Waals surface area contributed by atoms with Crippen molar-refractivity contribution in [2.75, 3.05) is 19.6 Å². The van der Waals surface area contributed by atoms with Crippen molar-refractivity contribution in [3.8, 4) is 0 Å². The number of guanidine groups is 1. The van der Waals surface area contributed by atoms with Crippen LogP contribution in [0.4, 0.5) is 0 Å². The van der Waals surface area contributed by atoms with Gasteiger partial charge < -0.3 is 11.1 Å². The van der Waals surface area contributed by atoms with Gasteiger partial charge in [-0.15, -0.1) is 0 Å². The van der Waals surface area contributed by atoms with Crippen LogP contribution < -0.4 is 11.1 Å². The molecule has 0 radical (unpaired) electrons. The monoisotopic (exact) mass is 352 g/mol. The van der Waals surface area contributed by atoms with E-state index in [0.29, 0.717) is 18.5 Å². The van der Waals surface area contributed by atoms with Crippen LogP contribution in [-0.2, 0) is 6.54 Å². The van der Waals surface area contributed by atoms with Crippen molar-refractivity contribution in [1.29, 1.82) is 0 Å². The molecule has 1 aliphatic rings. The van der Waals surface area contributed by atoms with E-state index >= 15 is 0 Å². The van der Waals surface area contributed by atoms with E-state index in [4.69, 9.17) is 5.73 Å². The van der Waals surface area contributed by atoms with Gasteiger partial charge in [-0.1, -0.05) is 28.9 Å². The SMILES string of the molecule is CCN1CCCC1CNC(N)=NCc1ccc(Br)cc1C. The molecule has 1 aromatic rings. The van der Waals surface area contributed by atoms with Crippen molar-refractivity contribution in [2.24, 2.45) is 10.7 Å². The Morgan fingerprint density at radius 1 is 1.52 bits per heavy atom. The lowest BCUT2D eigenvalue weighted by molar-refractivity contribution is 0.267. The van der Waals surface area contributed by atoms with Gasteiger partial charge in [0.25, 0.3) is 0 Å². The molecule has 1 saturated heterocycles. The van der Waals surface area contributed by atoms with Crippen LogP contribution in [0, 0.1) is 6.92 Å². The number of halogens is 1. The van der Waals surface area contributed by atoms with Gasteiger partial charge in [-0.05, 0) is 56.1 Å². The molecular weight excluding hydrogens is 328 g/mol. The second-order valence-corrected chi connectivity index (χ2v) is 6.49. The Labute approximate surface area is 135 Å². The van der Waals surface area contributed by atoms with Crippen molar-refractivity contribution in [1.82, 2.24) is 10.2 Å². The predicted octanol–water partition coefficient (Wildman–Crippen LogP) is 2.65. The molecule has 1 unspecified atom stereocenters. The molecule has 0 aliphatic carbocycles. The fourth-order valence-electron chi connectivity index (χ4n) is 2.83. The van der Waals surface area contributed by atoms with Crippen molar-refractivity contribution in [3.05, 3.63) is 33.8 Å². The molecule has 0 amide bonds. The van der Waals surface area contributed by atoms with E-state index in [0.717, 1.165) is 17.6 Å². The zero-order valence-corrected chi connectivity index (χ0v) is 14.5. The van der Waals surface area contributed by atoms with Crippen LogP contribution >= 0.6 is 15.9 Å². The van der Waals surface area contributed by atoms with Gasteiger partial charge in [-0.25, -0.2) is 4.99 Å². The molecule has 1 aromatic carbocycles. The van der Waals surface area contributed by atoms with E-state index in [-0.39, 0.29) is 0 Å². The van der Waals surface area contributed by atoms with E-state index in [9.17, 15) is 0 Å². The van der Waals surface area contributed by atoms with Gasteiger partial charge in [0.2, 0.25) is 0 Å². The number of hydrogen-bond acceptors (Lipinski definition) is 2. The zero-order chi connectivity index (χ0) is 15.2. The highest BCUT2D eigenvalue weighted by atomic mass is 79.9. The number of hydrogen-bond donors (Lipinski definition) is 2. The maximum Gasteiger partial charge on any atom is 0.188 e. The van der Waals surface area contributed by atoms with Gasteiger partial charge in [0.1, 0.15) is 0 Å². The minimum atomic E-state index is 0.542. The van der Waals surface area contributed by atoms with Gasteiger partial charge in [-0.3, -0.25) is 4.90 Å². The molecule has 0 spiro atoms. The van der Waals surface area contributed by atoms with E-state index in [2.05, 4.69) is 57.1 Å². The second-order valence-electron chi connectivity index (χ2n) is 5.58. The maximum atomic E-state index is 5.98. The highest BCUT2D eigenvalue weighted by molar-refractivity contribution is 9.10. The first-order valence-electron chi connectivity index (χ1n) is 7.63. The largest absolute Gasteiger partial charge is 0.370 e. The number of nitrogens with zero attached hydrogens (tertiary/aromatic N) is 2. The Kier molecular flexibility index (Phi) is 6.06. The van der Waals surface area contributed by atoms with E-state index in [1.807, 2.05) is 6.07 Å². The third-order valence-corrected chi connectivity index (χ3v) is 4.64. The van der Waals surface area contributed by atoms with Crippen molar-refractivity contribution >= 4 is 21.9 Å². The molecule has 4 nitrogen and oxygen atoms in total. The standard InChI is InChI=1S/C16H25BrN4/c1-3-21-8-4-5-15(21)11-20-16(18)19-10-13-6-7-14(17)9-12(13)2/h6-7,9,15H,3-5,8,10-11H2,1-2H3,(H3,18,19,20). The van der Waals surface area contributed by atoms with Gasteiger partial charge in [0.15, 0.2) is 5.96 Å². The van der Waals surface area contributed by atoms with Crippen molar-refractivity contribution in [3.63, 3.8) is 0 Å². The minimum Gasteiger partial charge on any atom is -0.370 e. The van der Waals surface area contributed by atoms with Crippen molar-refractivity contribution in [2.45, 2.75) is 39.3 Å². The molecule has 116 valence electrons. The fraction of sp³-hybridized carbons (Fsp3) is 0.562. The Morgan fingerprint density at radius 2 is 2.33 bits per heavy atom. The van der Waals surface area contributed by atoms with Crippen LogP contribution in [0.15, 0.2) is 27.7 Å². The molecule has 1 atom stereocenters.